The maximum absolute atomic E-state index is 12.4. The number of unbranched alkanes of at least 4 members (excludes halogenated alkanes) is 7. The van der Waals surface area contributed by atoms with E-state index in [1.165, 1.54) is 0 Å². The lowest BCUT2D eigenvalue weighted by Crippen LogP contribution is -2.29. The number of hydrogen-bond acceptors (Lipinski definition) is 9. The van der Waals surface area contributed by atoms with Crippen LogP contribution < -0.4 is 0 Å². The van der Waals surface area contributed by atoms with Gasteiger partial charge in [-0.1, -0.05) is 83.1 Å². The van der Waals surface area contributed by atoms with Gasteiger partial charge in [0, 0.05) is 31.1 Å². The molecule has 12 heteroatoms. The van der Waals surface area contributed by atoms with Crippen molar-refractivity contribution in [2.75, 3.05) is 13.2 Å². The topological polar surface area (TPSA) is 177 Å². The van der Waals surface area contributed by atoms with Gasteiger partial charge in [-0.15, -0.1) is 0 Å². The summed E-state index contributed by atoms with van der Waals surface area (Å²) in [5.41, 5.74) is 0. The fourth-order valence-corrected chi connectivity index (χ4v) is 5.24. The lowest BCUT2D eigenvalue weighted by Gasteiger charge is -2.18. The van der Waals surface area contributed by atoms with E-state index in [4.69, 9.17) is 19.3 Å². The molecule has 4 N–H and O–H groups in total. The van der Waals surface area contributed by atoms with Gasteiger partial charge in [0.1, 0.15) is 12.4 Å². The van der Waals surface area contributed by atoms with Crippen LogP contribution in [-0.4, -0.2) is 69.2 Å². The van der Waals surface area contributed by atoms with E-state index in [-0.39, 0.29) is 37.6 Å². The Balaban J connectivity index is 2.47. The van der Waals surface area contributed by atoms with E-state index in [0.29, 0.717) is 32.1 Å². The summed E-state index contributed by atoms with van der Waals surface area (Å²) in [5, 5.41) is 20.5. The molecule has 1 rings (SSSR count). The highest BCUT2D eigenvalue weighted by Crippen LogP contribution is 2.36. The molecule has 1 aliphatic carbocycles. The van der Waals surface area contributed by atoms with Crippen LogP contribution in [0.2, 0.25) is 0 Å². The largest absolute Gasteiger partial charge is 0.469 e. The van der Waals surface area contributed by atoms with Crippen molar-refractivity contribution in [1.82, 2.24) is 0 Å². The Hall–Kier alpha value is -1.88. The minimum absolute atomic E-state index is 0.0218. The average molecular weight is 633 g/mol. The lowest BCUT2D eigenvalue weighted by atomic mass is 9.90. The van der Waals surface area contributed by atoms with Crippen molar-refractivity contribution in [3.8, 4) is 0 Å². The minimum Gasteiger partial charge on any atom is -0.462 e. The second kappa shape index (κ2) is 22.6. The van der Waals surface area contributed by atoms with Crippen LogP contribution >= 0.6 is 7.82 Å². The molecule has 43 heavy (non-hydrogen) atoms. The molecule has 1 fully saturated rings. The predicted molar refractivity (Wildman–Crippen MR) is 162 cm³/mol. The highest BCUT2D eigenvalue weighted by Gasteiger charge is 2.39. The normalized spacial score (nSPS) is 20.6. The number of rotatable bonds is 24. The summed E-state index contributed by atoms with van der Waals surface area (Å²) in [7, 11) is -4.81. The third kappa shape index (κ3) is 19.2. The summed E-state index contributed by atoms with van der Waals surface area (Å²) in [5.74, 6) is -1.86. The van der Waals surface area contributed by atoms with Gasteiger partial charge in [0.2, 0.25) is 0 Å². The second-order valence-corrected chi connectivity index (χ2v) is 12.5. The maximum Gasteiger partial charge on any atom is 0.469 e. The van der Waals surface area contributed by atoms with Gasteiger partial charge in [-0.3, -0.25) is 18.9 Å². The molecular formula is C31H53O11P. The minimum atomic E-state index is -4.81. The summed E-state index contributed by atoms with van der Waals surface area (Å²) < 4.78 is 25.9. The molecule has 11 nitrogen and oxygen atoms in total. The number of allylic oxidation sites excluding steroid dienone is 3. The number of hydrogen-bond donors (Lipinski definition) is 4. The Morgan fingerprint density at radius 2 is 1.63 bits per heavy atom. The van der Waals surface area contributed by atoms with E-state index >= 15 is 0 Å². The van der Waals surface area contributed by atoms with Crippen molar-refractivity contribution in [3.05, 3.63) is 24.3 Å². The number of carbonyl (C=O) groups is 3. The molecule has 0 saturated heterocycles. The number of aliphatic hydroxyl groups is 2. The van der Waals surface area contributed by atoms with Gasteiger partial charge >= 0.3 is 19.8 Å². The summed E-state index contributed by atoms with van der Waals surface area (Å²) in [6.45, 7) is 3.20. The first kappa shape index (κ1) is 39.1. The lowest BCUT2D eigenvalue weighted by molar-refractivity contribution is -0.161. The summed E-state index contributed by atoms with van der Waals surface area (Å²) in [6, 6.07) is 0. The molecule has 0 spiro atoms. The van der Waals surface area contributed by atoms with Gasteiger partial charge in [0.05, 0.1) is 18.8 Å². The zero-order valence-electron chi connectivity index (χ0n) is 25.8. The number of carbonyl (C=O) groups excluding carboxylic acids is 3. The highest BCUT2D eigenvalue weighted by molar-refractivity contribution is 7.46. The molecule has 0 aromatic heterocycles. The number of phosphoric acid groups is 1. The predicted octanol–water partition coefficient (Wildman–Crippen LogP) is 5.09. The standard InChI is InChI=1S/C31H53O11P/c1-3-5-7-8-13-17-30(35)40-22-25(23-41-43(37,38)39)42-31(36)18-14-10-9-12-16-26-27(29(34)21-28(26)33)20-19-24(32)15-11-6-4-2/h9,12,19-20,24-28,32-33H,3-8,10-11,13-18,21-23H2,1-2H3,(H2,37,38,39)/b12-9-,20-19+/t24-,25+,26+,27+,28-/m0/s1. The molecule has 0 aliphatic heterocycles. The maximum atomic E-state index is 12.4. The molecule has 5 atom stereocenters. The molecular weight excluding hydrogens is 579 g/mol. The van der Waals surface area contributed by atoms with Crippen molar-refractivity contribution in [3.63, 3.8) is 0 Å². The number of Topliss-reactive ketones (excluding diaryl/α,β-unsaturated/α-hetero) is 1. The van der Waals surface area contributed by atoms with Crippen LogP contribution in [0.15, 0.2) is 24.3 Å². The van der Waals surface area contributed by atoms with Crippen molar-refractivity contribution in [2.24, 2.45) is 11.8 Å². The Morgan fingerprint density at radius 3 is 2.33 bits per heavy atom. The first-order valence-electron chi connectivity index (χ1n) is 15.7. The van der Waals surface area contributed by atoms with Crippen molar-refractivity contribution in [2.45, 2.75) is 128 Å². The number of phosphoric ester groups is 1. The van der Waals surface area contributed by atoms with Crippen LogP contribution in [0.5, 0.6) is 0 Å². The Morgan fingerprint density at radius 1 is 0.953 bits per heavy atom. The fourth-order valence-electron chi connectivity index (χ4n) is 4.88. The van der Waals surface area contributed by atoms with Crippen LogP contribution in [0, 0.1) is 11.8 Å². The Kier molecular flexibility index (Phi) is 20.6. The summed E-state index contributed by atoms with van der Waals surface area (Å²) in [6.07, 6.45) is 14.8. The van der Waals surface area contributed by atoms with Gasteiger partial charge < -0.3 is 29.5 Å². The van der Waals surface area contributed by atoms with Crippen LogP contribution in [0.3, 0.4) is 0 Å². The molecule has 1 saturated carbocycles. The molecule has 0 aromatic rings. The van der Waals surface area contributed by atoms with E-state index in [9.17, 15) is 29.2 Å². The highest BCUT2D eigenvalue weighted by atomic mass is 31.2. The number of ether oxygens (including phenoxy) is 2. The zero-order valence-corrected chi connectivity index (χ0v) is 26.7. The first-order chi connectivity index (χ1) is 20.5. The number of aliphatic hydroxyl groups excluding tert-OH is 2. The molecule has 0 heterocycles. The third-order valence-electron chi connectivity index (χ3n) is 7.35. The van der Waals surface area contributed by atoms with Gasteiger partial charge in [-0.25, -0.2) is 4.57 Å². The van der Waals surface area contributed by atoms with E-state index in [2.05, 4.69) is 18.4 Å². The number of ketones is 1. The first-order valence-corrected chi connectivity index (χ1v) is 17.3. The van der Waals surface area contributed by atoms with E-state index in [1.807, 2.05) is 12.2 Å². The van der Waals surface area contributed by atoms with Crippen molar-refractivity contribution < 1.29 is 52.9 Å². The van der Waals surface area contributed by atoms with Gasteiger partial charge in [-0.2, -0.15) is 0 Å². The third-order valence-corrected chi connectivity index (χ3v) is 7.84. The molecule has 0 aromatic carbocycles. The molecule has 0 unspecified atom stereocenters. The Labute approximate surface area is 256 Å². The smallest absolute Gasteiger partial charge is 0.462 e. The zero-order chi connectivity index (χ0) is 32.1. The summed E-state index contributed by atoms with van der Waals surface area (Å²) >= 11 is 0. The fraction of sp³-hybridized carbons (Fsp3) is 0.774. The van der Waals surface area contributed by atoms with Gasteiger partial charge in [0.15, 0.2) is 6.10 Å². The summed E-state index contributed by atoms with van der Waals surface area (Å²) in [4.78, 5) is 54.7. The van der Waals surface area contributed by atoms with E-state index in [0.717, 1.165) is 44.9 Å². The van der Waals surface area contributed by atoms with Gasteiger partial charge in [0.25, 0.3) is 0 Å². The van der Waals surface area contributed by atoms with E-state index in [1.54, 1.807) is 12.2 Å². The van der Waals surface area contributed by atoms with E-state index < -0.39 is 50.6 Å². The van der Waals surface area contributed by atoms with Crippen LogP contribution in [0.4, 0.5) is 0 Å². The number of esters is 2. The molecule has 0 bridgehead atoms. The molecule has 248 valence electrons. The van der Waals surface area contributed by atoms with Gasteiger partial charge in [-0.05, 0) is 32.1 Å². The van der Waals surface area contributed by atoms with Crippen molar-refractivity contribution >= 4 is 25.5 Å². The monoisotopic (exact) mass is 632 g/mol. The molecule has 1 aliphatic rings. The molecule has 0 radical (unpaired) electrons. The quantitative estimate of drug-likeness (QED) is 0.0482. The van der Waals surface area contributed by atoms with Crippen LogP contribution in [0.25, 0.3) is 0 Å². The average Bonchev–Trinajstić information content (AvgIpc) is 3.21. The Bertz CT molecular complexity index is 913. The molecule has 0 amide bonds. The SMILES string of the molecule is CCCCCCCC(=O)OC[C@H](COP(=O)(O)O)OC(=O)CCC/C=C\C[C@H]1[C@@H](O)CC(=O)[C@@H]1/C=C/[C@@H](O)CCCCC. The van der Waals surface area contributed by atoms with Crippen LogP contribution in [0.1, 0.15) is 110 Å². The second-order valence-electron chi connectivity index (χ2n) is 11.2. The van der Waals surface area contributed by atoms with Crippen LogP contribution in [-0.2, 0) is 32.9 Å². The van der Waals surface area contributed by atoms with Crippen molar-refractivity contribution in [1.29, 1.82) is 0 Å².